The third kappa shape index (κ3) is 2.71. The summed E-state index contributed by atoms with van der Waals surface area (Å²) in [6, 6.07) is 13.3. The molecule has 2 aromatic carbocycles. The summed E-state index contributed by atoms with van der Waals surface area (Å²) < 4.78 is 18.3. The van der Waals surface area contributed by atoms with Crippen LogP contribution >= 0.6 is 0 Å². The van der Waals surface area contributed by atoms with E-state index in [1.54, 1.807) is 4.90 Å². The third-order valence-corrected chi connectivity index (χ3v) is 3.86. The molecule has 0 radical (unpaired) electrons. The van der Waals surface area contributed by atoms with Gasteiger partial charge in [0.1, 0.15) is 5.82 Å². The molecule has 1 N–H and O–H groups in total. The molecule has 2 amide bonds. The number of nitrogens with zero attached hydrogens (tertiary/aromatic N) is 3. The van der Waals surface area contributed by atoms with Gasteiger partial charge < -0.3 is 9.32 Å². The van der Waals surface area contributed by atoms with Crippen LogP contribution in [-0.2, 0) is 13.1 Å². The minimum atomic E-state index is -0.347. The Morgan fingerprint density at radius 2 is 1.71 bits per heavy atom. The van der Waals surface area contributed by atoms with E-state index in [0.29, 0.717) is 18.7 Å². The van der Waals surface area contributed by atoms with Gasteiger partial charge in [0, 0.05) is 18.7 Å². The normalized spacial score (nSPS) is 13.0. The van der Waals surface area contributed by atoms with Crippen molar-refractivity contribution in [2.24, 2.45) is 0 Å². The Morgan fingerprint density at radius 1 is 1.04 bits per heavy atom. The fourth-order valence-corrected chi connectivity index (χ4v) is 2.63. The molecule has 0 spiro atoms. The number of hydrogen-bond donors (Lipinski definition) is 1. The maximum atomic E-state index is 12.9. The smallest absolute Gasteiger partial charge is 0.326 e. The standard InChI is InChI=1S/C17H13FN4O2/c18-14-7-5-11(6-8-14)15-20-21-16(24-15)19-17(23)22-9-12-3-1-2-4-13(12)10-22/h1-8H,9-10H2,(H,19,21,23). The zero-order valence-electron chi connectivity index (χ0n) is 12.6. The number of hydrogen-bond acceptors (Lipinski definition) is 4. The van der Waals surface area contributed by atoms with Crippen LogP contribution in [0, 0.1) is 5.82 Å². The van der Waals surface area contributed by atoms with Crippen LogP contribution in [0.3, 0.4) is 0 Å². The summed E-state index contributed by atoms with van der Waals surface area (Å²) in [6.45, 7) is 1.09. The Labute approximate surface area is 136 Å². The van der Waals surface area contributed by atoms with Gasteiger partial charge in [0.15, 0.2) is 0 Å². The number of rotatable bonds is 2. The molecule has 0 saturated carbocycles. The molecule has 1 aromatic heterocycles. The molecule has 1 aliphatic rings. The van der Waals surface area contributed by atoms with Crippen LogP contribution in [-0.4, -0.2) is 21.1 Å². The molecule has 3 aromatic rings. The van der Waals surface area contributed by atoms with Gasteiger partial charge in [-0.3, -0.25) is 5.32 Å². The van der Waals surface area contributed by atoms with E-state index < -0.39 is 0 Å². The molecule has 0 unspecified atom stereocenters. The quantitative estimate of drug-likeness (QED) is 0.784. The number of urea groups is 1. The lowest BCUT2D eigenvalue weighted by atomic mass is 10.1. The van der Waals surface area contributed by atoms with Gasteiger partial charge >= 0.3 is 12.0 Å². The van der Waals surface area contributed by atoms with Crippen molar-refractivity contribution in [1.29, 1.82) is 0 Å². The second-order valence-corrected chi connectivity index (χ2v) is 5.47. The van der Waals surface area contributed by atoms with Crippen molar-refractivity contribution in [2.45, 2.75) is 13.1 Å². The highest BCUT2D eigenvalue weighted by Gasteiger charge is 2.24. The zero-order valence-corrected chi connectivity index (χ0v) is 12.6. The first-order valence-electron chi connectivity index (χ1n) is 7.41. The lowest BCUT2D eigenvalue weighted by Crippen LogP contribution is -2.30. The topological polar surface area (TPSA) is 71.3 Å². The van der Waals surface area contributed by atoms with E-state index in [-0.39, 0.29) is 23.8 Å². The molecule has 24 heavy (non-hydrogen) atoms. The first-order valence-corrected chi connectivity index (χ1v) is 7.41. The molecule has 0 aliphatic carbocycles. The van der Waals surface area contributed by atoms with E-state index in [9.17, 15) is 9.18 Å². The van der Waals surface area contributed by atoms with Gasteiger partial charge in [-0.15, -0.1) is 5.10 Å². The Kier molecular flexibility index (Phi) is 3.45. The van der Waals surface area contributed by atoms with Crippen LogP contribution in [0.2, 0.25) is 0 Å². The van der Waals surface area contributed by atoms with E-state index in [2.05, 4.69) is 15.5 Å². The van der Waals surface area contributed by atoms with Gasteiger partial charge in [-0.05, 0) is 35.4 Å². The van der Waals surface area contributed by atoms with E-state index in [0.717, 1.165) is 11.1 Å². The molecule has 2 heterocycles. The highest BCUT2D eigenvalue weighted by Crippen LogP contribution is 2.24. The summed E-state index contributed by atoms with van der Waals surface area (Å²) in [7, 11) is 0. The van der Waals surface area contributed by atoms with Gasteiger partial charge in [0.05, 0.1) is 0 Å². The maximum Gasteiger partial charge on any atom is 0.326 e. The van der Waals surface area contributed by atoms with Gasteiger partial charge in [0.2, 0.25) is 5.89 Å². The van der Waals surface area contributed by atoms with Crippen LogP contribution in [0.4, 0.5) is 15.2 Å². The minimum absolute atomic E-state index is 0.00952. The average Bonchev–Trinajstić information content (AvgIpc) is 3.22. The average molecular weight is 324 g/mol. The number of amides is 2. The molecular weight excluding hydrogens is 311 g/mol. The van der Waals surface area contributed by atoms with E-state index in [1.165, 1.54) is 24.3 Å². The number of fused-ring (bicyclic) bond motifs is 1. The fraction of sp³-hybridized carbons (Fsp3) is 0.118. The summed E-state index contributed by atoms with van der Waals surface area (Å²) in [4.78, 5) is 14.0. The van der Waals surface area contributed by atoms with Crippen molar-refractivity contribution in [3.8, 4) is 11.5 Å². The highest BCUT2D eigenvalue weighted by molar-refractivity contribution is 5.87. The van der Waals surface area contributed by atoms with E-state index in [4.69, 9.17) is 4.42 Å². The molecule has 6 nitrogen and oxygen atoms in total. The molecule has 7 heteroatoms. The molecule has 0 saturated heterocycles. The van der Waals surface area contributed by atoms with Crippen molar-refractivity contribution in [3.05, 3.63) is 65.5 Å². The first kappa shape index (κ1) is 14.4. The van der Waals surface area contributed by atoms with Gasteiger partial charge in [0.25, 0.3) is 0 Å². The number of carbonyl (C=O) groups excluding carboxylic acids is 1. The molecule has 0 bridgehead atoms. The SMILES string of the molecule is O=C(Nc1nnc(-c2ccc(F)cc2)o1)N1Cc2ccccc2C1. The Hall–Kier alpha value is -3.22. The first-order chi connectivity index (χ1) is 11.7. The summed E-state index contributed by atoms with van der Waals surface area (Å²) in [5.41, 5.74) is 2.84. The Bertz CT molecular complexity index is 867. The maximum absolute atomic E-state index is 12.9. The number of halogens is 1. The van der Waals surface area contributed by atoms with Gasteiger partial charge in [-0.1, -0.05) is 29.4 Å². The second-order valence-electron chi connectivity index (χ2n) is 5.47. The van der Waals surface area contributed by atoms with E-state index in [1.807, 2.05) is 24.3 Å². The Balaban J connectivity index is 1.45. The van der Waals surface area contributed by atoms with Gasteiger partial charge in [-0.2, -0.15) is 0 Å². The number of carbonyl (C=O) groups is 1. The summed E-state index contributed by atoms with van der Waals surface area (Å²) in [6.07, 6.45) is 0. The van der Waals surface area contributed by atoms with Crippen LogP contribution in [0.1, 0.15) is 11.1 Å². The third-order valence-electron chi connectivity index (χ3n) is 3.86. The highest BCUT2D eigenvalue weighted by atomic mass is 19.1. The Morgan fingerprint density at radius 3 is 2.38 bits per heavy atom. The number of anilines is 1. The summed E-state index contributed by atoms with van der Waals surface area (Å²) in [5, 5.41) is 10.3. The van der Waals surface area contributed by atoms with Crippen molar-refractivity contribution in [3.63, 3.8) is 0 Å². The predicted octanol–water partition coefficient (Wildman–Crippen LogP) is 3.42. The molecule has 1 aliphatic heterocycles. The lowest BCUT2D eigenvalue weighted by molar-refractivity contribution is 0.212. The summed E-state index contributed by atoms with van der Waals surface area (Å²) >= 11 is 0. The molecule has 0 atom stereocenters. The minimum Gasteiger partial charge on any atom is -0.403 e. The van der Waals surface area contributed by atoms with Crippen molar-refractivity contribution < 1.29 is 13.6 Å². The molecule has 4 rings (SSSR count). The van der Waals surface area contributed by atoms with Crippen molar-refractivity contribution in [1.82, 2.24) is 15.1 Å². The monoisotopic (exact) mass is 324 g/mol. The second kappa shape index (κ2) is 5.77. The number of aromatic nitrogens is 2. The zero-order chi connectivity index (χ0) is 16.5. The van der Waals surface area contributed by atoms with Crippen LogP contribution in [0.25, 0.3) is 11.5 Å². The molecular formula is C17H13FN4O2. The van der Waals surface area contributed by atoms with Gasteiger partial charge in [-0.25, -0.2) is 9.18 Å². The summed E-state index contributed by atoms with van der Waals surface area (Å²) in [5.74, 6) is -0.129. The fourth-order valence-electron chi connectivity index (χ4n) is 2.63. The van der Waals surface area contributed by atoms with Crippen molar-refractivity contribution in [2.75, 3.05) is 5.32 Å². The largest absolute Gasteiger partial charge is 0.403 e. The van der Waals surface area contributed by atoms with Crippen LogP contribution in [0.5, 0.6) is 0 Å². The molecule has 0 fully saturated rings. The number of nitrogens with one attached hydrogen (secondary N) is 1. The predicted molar refractivity (Wildman–Crippen MR) is 84.4 cm³/mol. The van der Waals surface area contributed by atoms with Crippen LogP contribution in [0.15, 0.2) is 52.9 Å². The van der Waals surface area contributed by atoms with Crippen molar-refractivity contribution >= 4 is 12.0 Å². The van der Waals surface area contributed by atoms with E-state index >= 15 is 0 Å². The number of benzene rings is 2. The lowest BCUT2D eigenvalue weighted by Gasteiger charge is -2.14. The molecule has 120 valence electrons. The van der Waals surface area contributed by atoms with Crippen LogP contribution < -0.4 is 5.32 Å².